The molecule has 1 saturated carbocycles. The number of rotatable bonds is 1. The van der Waals surface area contributed by atoms with E-state index in [0.717, 1.165) is 6.42 Å². The van der Waals surface area contributed by atoms with Crippen molar-refractivity contribution in [1.29, 1.82) is 0 Å². The predicted octanol–water partition coefficient (Wildman–Crippen LogP) is 1.77. The highest BCUT2D eigenvalue weighted by atomic mass is 35.5. The average molecular weight is 149 g/mol. The lowest BCUT2D eigenvalue weighted by Gasteiger charge is -2.25. The highest BCUT2D eigenvalue weighted by Gasteiger charge is 2.58. The summed E-state index contributed by atoms with van der Waals surface area (Å²) in [5, 5.41) is 9.68. The monoisotopic (exact) mass is 148 g/mol. The third kappa shape index (κ3) is 0.968. The third-order valence-electron chi connectivity index (χ3n) is 2.53. The molecular formula is C7H13ClO. The minimum Gasteiger partial charge on any atom is -0.390 e. The first-order valence-corrected chi connectivity index (χ1v) is 3.68. The normalized spacial score (nSPS) is 43.0. The lowest BCUT2D eigenvalue weighted by Crippen LogP contribution is -2.31. The van der Waals surface area contributed by atoms with E-state index in [4.69, 9.17) is 11.6 Å². The first kappa shape index (κ1) is 7.36. The SMILES string of the molecule is CC(C)(O)[C@]1(C)C[C@H]1Cl. The zero-order chi connectivity index (χ0) is 7.28. The molecule has 1 rings (SSSR count). The van der Waals surface area contributed by atoms with E-state index in [9.17, 15) is 5.11 Å². The smallest absolute Gasteiger partial charge is 0.0659 e. The number of aliphatic hydroxyl groups is 1. The van der Waals surface area contributed by atoms with Crippen molar-refractivity contribution in [3.05, 3.63) is 0 Å². The predicted molar refractivity (Wildman–Crippen MR) is 38.7 cm³/mol. The lowest BCUT2D eigenvalue weighted by atomic mass is 9.90. The van der Waals surface area contributed by atoms with E-state index in [2.05, 4.69) is 0 Å². The Morgan fingerprint density at radius 2 is 2.00 bits per heavy atom. The summed E-state index contributed by atoms with van der Waals surface area (Å²) >= 11 is 5.82. The molecule has 0 aliphatic heterocycles. The quantitative estimate of drug-likeness (QED) is 0.562. The van der Waals surface area contributed by atoms with Crippen LogP contribution >= 0.6 is 11.6 Å². The average Bonchev–Trinajstić information content (AvgIpc) is 2.13. The number of hydrogen-bond donors (Lipinski definition) is 1. The van der Waals surface area contributed by atoms with Gasteiger partial charge in [-0.05, 0) is 20.3 Å². The van der Waals surface area contributed by atoms with Gasteiger partial charge >= 0.3 is 0 Å². The maximum atomic E-state index is 9.50. The molecule has 0 radical (unpaired) electrons. The zero-order valence-corrected chi connectivity index (χ0v) is 6.87. The van der Waals surface area contributed by atoms with Crippen LogP contribution in [0.1, 0.15) is 27.2 Å². The van der Waals surface area contributed by atoms with Gasteiger partial charge < -0.3 is 5.11 Å². The van der Waals surface area contributed by atoms with Crippen LogP contribution in [0.3, 0.4) is 0 Å². The lowest BCUT2D eigenvalue weighted by molar-refractivity contribution is 0.0118. The van der Waals surface area contributed by atoms with Crippen LogP contribution in [-0.2, 0) is 0 Å². The van der Waals surface area contributed by atoms with Gasteiger partial charge in [0.25, 0.3) is 0 Å². The van der Waals surface area contributed by atoms with Crippen LogP contribution in [0.4, 0.5) is 0 Å². The Hall–Kier alpha value is 0.250. The fourth-order valence-electron chi connectivity index (χ4n) is 0.946. The minimum atomic E-state index is -0.612. The van der Waals surface area contributed by atoms with Crippen LogP contribution in [0.2, 0.25) is 0 Å². The number of hydrogen-bond acceptors (Lipinski definition) is 1. The Morgan fingerprint density at radius 3 is 2.00 bits per heavy atom. The van der Waals surface area contributed by atoms with Gasteiger partial charge in [0.2, 0.25) is 0 Å². The summed E-state index contributed by atoms with van der Waals surface area (Å²) < 4.78 is 0. The van der Waals surface area contributed by atoms with Crippen molar-refractivity contribution in [3.63, 3.8) is 0 Å². The van der Waals surface area contributed by atoms with Crippen LogP contribution in [0.15, 0.2) is 0 Å². The molecule has 1 N–H and O–H groups in total. The Balaban J connectivity index is 2.64. The zero-order valence-electron chi connectivity index (χ0n) is 6.11. The molecule has 1 nitrogen and oxygen atoms in total. The molecule has 1 fully saturated rings. The van der Waals surface area contributed by atoms with Gasteiger partial charge in [0.1, 0.15) is 0 Å². The van der Waals surface area contributed by atoms with Crippen LogP contribution < -0.4 is 0 Å². The second kappa shape index (κ2) is 1.64. The van der Waals surface area contributed by atoms with E-state index < -0.39 is 5.60 Å². The van der Waals surface area contributed by atoms with E-state index in [1.807, 2.05) is 20.8 Å². The van der Waals surface area contributed by atoms with Crippen molar-refractivity contribution in [1.82, 2.24) is 0 Å². The Bertz CT molecular complexity index is 127. The maximum Gasteiger partial charge on any atom is 0.0659 e. The summed E-state index contributed by atoms with van der Waals surface area (Å²) in [6, 6.07) is 0. The molecule has 2 atom stereocenters. The summed E-state index contributed by atoms with van der Waals surface area (Å²) in [6.45, 7) is 5.65. The van der Waals surface area contributed by atoms with Crippen molar-refractivity contribution in [2.45, 2.75) is 38.2 Å². The molecule has 1 aliphatic rings. The van der Waals surface area contributed by atoms with Crippen molar-refractivity contribution in [2.75, 3.05) is 0 Å². The molecule has 0 aromatic heterocycles. The topological polar surface area (TPSA) is 20.2 Å². The van der Waals surface area contributed by atoms with Gasteiger partial charge in [-0.25, -0.2) is 0 Å². The molecular weight excluding hydrogens is 136 g/mol. The summed E-state index contributed by atoms with van der Waals surface area (Å²) in [6.07, 6.45) is 0.943. The third-order valence-corrected chi connectivity index (χ3v) is 3.17. The van der Waals surface area contributed by atoms with E-state index in [0.29, 0.717) is 0 Å². The molecule has 0 spiro atoms. The highest BCUT2D eigenvalue weighted by Crippen LogP contribution is 2.56. The van der Waals surface area contributed by atoms with E-state index in [-0.39, 0.29) is 10.8 Å². The Labute approximate surface area is 61.0 Å². The van der Waals surface area contributed by atoms with E-state index in [1.165, 1.54) is 0 Å². The molecule has 54 valence electrons. The van der Waals surface area contributed by atoms with Crippen molar-refractivity contribution in [2.24, 2.45) is 5.41 Å². The fourth-order valence-corrected chi connectivity index (χ4v) is 1.53. The molecule has 0 saturated heterocycles. The molecule has 2 heteroatoms. The summed E-state index contributed by atoms with van der Waals surface area (Å²) in [7, 11) is 0. The summed E-state index contributed by atoms with van der Waals surface area (Å²) in [4.78, 5) is 0. The summed E-state index contributed by atoms with van der Waals surface area (Å²) in [5.74, 6) is 0. The highest BCUT2D eigenvalue weighted by molar-refractivity contribution is 6.23. The largest absolute Gasteiger partial charge is 0.390 e. The maximum absolute atomic E-state index is 9.50. The first-order chi connectivity index (χ1) is 3.88. The van der Waals surface area contributed by atoms with Crippen molar-refractivity contribution in [3.8, 4) is 0 Å². The molecule has 1 aliphatic carbocycles. The van der Waals surface area contributed by atoms with E-state index >= 15 is 0 Å². The van der Waals surface area contributed by atoms with Gasteiger partial charge in [-0.2, -0.15) is 0 Å². The van der Waals surface area contributed by atoms with Crippen LogP contribution in [0.5, 0.6) is 0 Å². The van der Waals surface area contributed by atoms with Gasteiger partial charge in [-0.3, -0.25) is 0 Å². The summed E-state index contributed by atoms with van der Waals surface area (Å²) in [5.41, 5.74) is -0.645. The fraction of sp³-hybridized carbons (Fsp3) is 1.00. The van der Waals surface area contributed by atoms with Gasteiger partial charge in [-0.1, -0.05) is 6.92 Å². The van der Waals surface area contributed by atoms with Gasteiger partial charge in [0.05, 0.1) is 5.60 Å². The molecule has 0 unspecified atom stereocenters. The number of alkyl halides is 1. The second-order valence-corrected chi connectivity index (χ2v) is 4.17. The minimum absolute atomic E-state index is 0.0332. The van der Waals surface area contributed by atoms with Gasteiger partial charge in [0, 0.05) is 10.8 Å². The second-order valence-electron chi connectivity index (χ2n) is 3.65. The molecule has 0 heterocycles. The standard InChI is InChI=1S/C7H13ClO/c1-6(2,9)7(3)4-5(7)8/h5,9H,4H2,1-3H3/t5-,7-/m1/s1. The molecule has 0 aromatic rings. The van der Waals surface area contributed by atoms with Crippen molar-refractivity contribution >= 4 is 11.6 Å². The first-order valence-electron chi connectivity index (χ1n) is 3.24. The van der Waals surface area contributed by atoms with Crippen LogP contribution in [0, 0.1) is 5.41 Å². The van der Waals surface area contributed by atoms with E-state index in [1.54, 1.807) is 0 Å². The van der Waals surface area contributed by atoms with Crippen LogP contribution in [0.25, 0.3) is 0 Å². The Kier molecular flexibility index (Phi) is 1.34. The van der Waals surface area contributed by atoms with Crippen LogP contribution in [-0.4, -0.2) is 16.1 Å². The Morgan fingerprint density at radius 1 is 1.67 bits per heavy atom. The molecule has 9 heavy (non-hydrogen) atoms. The molecule has 0 amide bonds. The van der Waals surface area contributed by atoms with Gasteiger partial charge in [-0.15, -0.1) is 11.6 Å². The molecule has 0 aromatic carbocycles. The van der Waals surface area contributed by atoms with Gasteiger partial charge in [0.15, 0.2) is 0 Å². The number of halogens is 1. The van der Waals surface area contributed by atoms with Crippen molar-refractivity contribution < 1.29 is 5.11 Å². The molecule has 0 bridgehead atoms.